The van der Waals surface area contributed by atoms with Crippen molar-refractivity contribution in [1.29, 1.82) is 0 Å². The molecule has 0 saturated carbocycles. The fraction of sp³-hybridized carbons (Fsp3) is 0.231. The zero-order valence-electron chi connectivity index (χ0n) is 11.9. The van der Waals surface area contributed by atoms with Crippen LogP contribution in [0.3, 0.4) is 0 Å². The summed E-state index contributed by atoms with van der Waals surface area (Å²) in [7, 11) is 3.25. The second-order valence-corrected chi connectivity index (χ2v) is 4.49. The van der Waals surface area contributed by atoms with Crippen LogP contribution in [-0.2, 0) is 7.05 Å². The molecule has 8 heteroatoms. The number of carbonyl (C=O) groups is 1. The number of rotatable bonds is 4. The smallest absolute Gasteiger partial charge is 0.293 e. The van der Waals surface area contributed by atoms with Crippen LogP contribution in [0.5, 0.6) is 0 Å². The first kappa shape index (κ1) is 14.5. The largest absolute Gasteiger partial charge is 0.355 e. The van der Waals surface area contributed by atoms with E-state index in [-0.39, 0.29) is 22.8 Å². The maximum absolute atomic E-state index is 11.5. The van der Waals surface area contributed by atoms with Crippen LogP contribution >= 0.6 is 0 Å². The lowest BCUT2D eigenvalue weighted by Gasteiger charge is -2.06. The maximum atomic E-state index is 11.5. The second-order valence-electron chi connectivity index (χ2n) is 4.49. The lowest BCUT2D eigenvalue weighted by molar-refractivity contribution is -0.383. The van der Waals surface area contributed by atoms with Gasteiger partial charge >= 0.3 is 0 Å². The Bertz CT molecular complexity index is 688. The van der Waals surface area contributed by atoms with Crippen LogP contribution in [0.4, 0.5) is 17.2 Å². The Balaban J connectivity index is 2.38. The molecule has 0 aliphatic heterocycles. The molecule has 0 radical (unpaired) electrons. The van der Waals surface area contributed by atoms with Crippen molar-refractivity contribution in [2.45, 2.75) is 6.92 Å². The number of aryl methyl sites for hydroxylation is 2. The Kier molecular flexibility index (Phi) is 3.88. The van der Waals surface area contributed by atoms with Crippen molar-refractivity contribution in [2.24, 2.45) is 7.05 Å². The summed E-state index contributed by atoms with van der Waals surface area (Å²) in [6, 6.07) is 6.02. The van der Waals surface area contributed by atoms with Gasteiger partial charge in [-0.15, -0.1) is 0 Å². The number of carbonyl (C=O) groups excluding carboxylic acids is 1. The molecule has 1 amide bonds. The Morgan fingerprint density at radius 1 is 1.38 bits per heavy atom. The first-order chi connectivity index (χ1) is 9.92. The van der Waals surface area contributed by atoms with E-state index in [1.165, 1.54) is 25.2 Å². The van der Waals surface area contributed by atoms with Crippen molar-refractivity contribution in [3.63, 3.8) is 0 Å². The fourth-order valence-corrected chi connectivity index (χ4v) is 1.83. The molecule has 2 N–H and O–H groups in total. The van der Waals surface area contributed by atoms with Crippen LogP contribution in [0.25, 0.3) is 0 Å². The van der Waals surface area contributed by atoms with Crippen molar-refractivity contribution in [3.8, 4) is 0 Å². The van der Waals surface area contributed by atoms with Crippen molar-refractivity contribution in [1.82, 2.24) is 15.1 Å². The van der Waals surface area contributed by atoms with E-state index < -0.39 is 4.92 Å². The van der Waals surface area contributed by atoms with Gasteiger partial charge in [0.2, 0.25) is 0 Å². The summed E-state index contributed by atoms with van der Waals surface area (Å²) in [5, 5.41) is 20.7. The highest BCUT2D eigenvalue weighted by Gasteiger charge is 2.18. The van der Waals surface area contributed by atoms with Gasteiger partial charge in [0.15, 0.2) is 5.82 Å². The highest BCUT2D eigenvalue weighted by Crippen LogP contribution is 2.28. The average Bonchev–Trinajstić information content (AvgIpc) is 2.76. The van der Waals surface area contributed by atoms with Crippen molar-refractivity contribution in [2.75, 3.05) is 12.4 Å². The van der Waals surface area contributed by atoms with Gasteiger partial charge in [0.25, 0.3) is 11.6 Å². The quantitative estimate of drug-likeness (QED) is 0.659. The summed E-state index contributed by atoms with van der Waals surface area (Å²) in [4.78, 5) is 22.2. The van der Waals surface area contributed by atoms with E-state index in [1.54, 1.807) is 17.8 Å². The first-order valence-electron chi connectivity index (χ1n) is 6.20. The third kappa shape index (κ3) is 2.99. The van der Waals surface area contributed by atoms with E-state index in [2.05, 4.69) is 15.7 Å². The molecule has 1 aromatic heterocycles. The molecule has 110 valence electrons. The number of nitro groups is 1. The Labute approximate surface area is 120 Å². The van der Waals surface area contributed by atoms with E-state index in [4.69, 9.17) is 0 Å². The lowest BCUT2D eigenvalue weighted by atomic mass is 10.1. The summed E-state index contributed by atoms with van der Waals surface area (Å²) in [5.41, 5.74) is 1.25. The number of nitrogens with one attached hydrogen (secondary N) is 2. The lowest BCUT2D eigenvalue weighted by Crippen LogP contribution is -2.17. The van der Waals surface area contributed by atoms with Crippen LogP contribution in [0.15, 0.2) is 24.3 Å². The molecule has 0 bridgehead atoms. The van der Waals surface area contributed by atoms with Gasteiger partial charge in [-0.05, 0) is 19.1 Å². The van der Waals surface area contributed by atoms with Crippen LogP contribution in [-0.4, -0.2) is 27.7 Å². The van der Waals surface area contributed by atoms with Crippen LogP contribution in [0, 0.1) is 17.0 Å². The van der Waals surface area contributed by atoms with E-state index in [0.29, 0.717) is 5.82 Å². The van der Waals surface area contributed by atoms with Gasteiger partial charge in [-0.25, -0.2) is 0 Å². The molecule has 0 aliphatic carbocycles. The van der Waals surface area contributed by atoms with Gasteiger partial charge in [-0.1, -0.05) is 0 Å². The van der Waals surface area contributed by atoms with E-state index >= 15 is 0 Å². The monoisotopic (exact) mass is 289 g/mol. The molecule has 21 heavy (non-hydrogen) atoms. The molecule has 2 aromatic rings. The summed E-state index contributed by atoms with van der Waals surface area (Å²) in [6.45, 7) is 1.88. The van der Waals surface area contributed by atoms with Gasteiger partial charge < -0.3 is 10.6 Å². The minimum Gasteiger partial charge on any atom is -0.355 e. The minimum absolute atomic E-state index is 0.181. The van der Waals surface area contributed by atoms with E-state index in [1.807, 2.05) is 6.92 Å². The third-order valence-corrected chi connectivity index (χ3v) is 3.06. The molecule has 0 atom stereocenters. The zero-order chi connectivity index (χ0) is 15.6. The number of nitrogens with zero attached hydrogens (tertiary/aromatic N) is 3. The molecule has 0 aliphatic rings. The van der Waals surface area contributed by atoms with Crippen molar-refractivity contribution < 1.29 is 9.72 Å². The highest BCUT2D eigenvalue weighted by molar-refractivity contribution is 5.95. The Hall–Kier alpha value is -2.90. The zero-order valence-corrected chi connectivity index (χ0v) is 11.9. The molecular formula is C13H15N5O3. The fourth-order valence-electron chi connectivity index (χ4n) is 1.83. The standard InChI is InChI=1S/C13H15N5O3/c1-8-6-12(16-17(8)3)15-10-5-4-9(13(19)14-2)7-11(10)18(20)21/h4-7H,1-3H3,(H,14,19)(H,15,16). The topological polar surface area (TPSA) is 102 Å². The first-order valence-corrected chi connectivity index (χ1v) is 6.20. The predicted molar refractivity (Wildman–Crippen MR) is 77.7 cm³/mol. The number of benzene rings is 1. The number of hydrogen-bond acceptors (Lipinski definition) is 5. The summed E-state index contributed by atoms with van der Waals surface area (Å²) >= 11 is 0. The molecule has 1 heterocycles. The van der Waals surface area contributed by atoms with Crippen LogP contribution in [0.1, 0.15) is 16.1 Å². The number of anilines is 2. The minimum atomic E-state index is -0.537. The number of aromatic nitrogens is 2. The molecular weight excluding hydrogens is 274 g/mol. The number of amides is 1. The summed E-state index contributed by atoms with van der Waals surface area (Å²) in [6.07, 6.45) is 0. The summed E-state index contributed by atoms with van der Waals surface area (Å²) < 4.78 is 1.66. The van der Waals surface area contributed by atoms with Crippen LogP contribution in [0.2, 0.25) is 0 Å². The van der Waals surface area contributed by atoms with Gasteiger partial charge in [0.1, 0.15) is 5.69 Å². The van der Waals surface area contributed by atoms with Gasteiger partial charge in [-0.2, -0.15) is 5.10 Å². The maximum Gasteiger partial charge on any atom is 0.293 e. The van der Waals surface area contributed by atoms with Crippen molar-refractivity contribution in [3.05, 3.63) is 45.6 Å². The van der Waals surface area contributed by atoms with Gasteiger partial charge in [-0.3, -0.25) is 19.6 Å². The molecule has 0 unspecified atom stereocenters. The molecule has 0 saturated heterocycles. The average molecular weight is 289 g/mol. The SMILES string of the molecule is CNC(=O)c1ccc(Nc2cc(C)n(C)n2)c([N+](=O)[O-])c1. The normalized spacial score (nSPS) is 10.2. The Morgan fingerprint density at radius 2 is 2.10 bits per heavy atom. The molecule has 2 rings (SSSR count). The molecule has 1 aromatic carbocycles. The number of nitro benzene ring substituents is 1. The molecule has 8 nitrogen and oxygen atoms in total. The molecule has 0 spiro atoms. The number of hydrogen-bond donors (Lipinski definition) is 2. The third-order valence-electron chi connectivity index (χ3n) is 3.06. The van der Waals surface area contributed by atoms with E-state index in [9.17, 15) is 14.9 Å². The van der Waals surface area contributed by atoms with Gasteiger partial charge in [0.05, 0.1) is 4.92 Å². The Morgan fingerprint density at radius 3 is 2.62 bits per heavy atom. The highest BCUT2D eigenvalue weighted by atomic mass is 16.6. The van der Waals surface area contributed by atoms with E-state index in [0.717, 1.165) is 5.69 Å². The second kappa shape index (κ2) is 5.61. The molecule has 0 fully saturated rings. The van der Waals surface area contributed by atoms with Crippen molar-refractivity contribution >= 4 is 23.1 Å². The summed E-state index contributed by atoms with van der Waals surface area (Å²) in [5.74, 6) is 0.129. The predicted octanol–water partition coefficient (Wildman–Crippen LogP) is 1.74. The van der Waals surface area contributed by atoms with Gasteiger partial charge in [0, 0.05) is 37.5 Å². The van der Waals surface area contributed by atoms with Crippen LogP contribution < -0.4 is 10.6 Å².